The molecule has 1 saturated heterocycles. The van der Waals surface area contributed by atoms with Crippen molar-refractivity contribution in [3.63, 3.8) is 0 Å². The SMILES string of the molecule is C[C@@H]1CCN(C)[C@H]2C=CC=C[C@@H]12. The van der Waals surface area contributed by atoms with E-state index < -0.39 is 0 Å². The number of piperidine rings is 1. The average molecular weight is 163 g/mol. The molecule has 0 aromatic heterocycles. The molecule has 0 aromatic rings. The Morgan fingerprint density at radius 1 is 1.25 bits per heavy atom. The predicted molar refractivity (Wildman–Crippen MR) is 52.0 cm³/mol. The molecule has 0 radical (unpaired) electrons. The van der Waals surface area contributed by atoms with Gasteiger partial charge in [-0.15, -0.1) is 0 Å². The fourth-order valence-corrected chi connectivity index (χ4v) is 2.33. The van der Waals surface area contributed by atoms with Crippen LogP contribution in [0.15, 0.2) is 24.3 Å². The van der Waals surface area contributed by atoms with Crippen molar-refractivity contribution in [2.45, 2.75) is 19.4 Å². The van der Waals surface area contributed by atoms with Crippen LogP contribution in [-0.2, 0) is 0 Å². The highest BCUT2D eigenvalue weighted by atomic mass is 15.1. The van der Waals surface area contributed by atoms with Crippen LogP contribution in [0.1, 0.15) is 13.3 Å². The maximum absolute atomic E-state index is 2.46. The Morgan fingerprint density at radius 2 is 2.00 bits per heavy atom. The van der Waals surface area contributed by atoms with Crippen LogP contribution in [0.4, 0.5) is 0 Å². The van der Waals surface area contributed by atoms with E-state index in [9.17, 15) is 0 Å². The van der Waals surface area contributed by atoms with Crippen LogP contribution >= 0.6 is 0 Å². The maximum atomic E-state index is 2.46. The zero-order chi connectivity index (χ0) is 8.55. The molecule has 0 N–H and O–H groups in total. The Hall–Kier alpha value is -0.560. The van der Waals surface area contributed by atoms with E-state index in [1.54, 1.807) is 0 Å². The molecule has 0 spiro atoms. The lowest BCUT2D eigenvalue weighted by Gasteiger charge is -2.41. The molecule has 12 heavy (non-hydrogen) atoms. The van der Waals surface area contributed by atoms with Crippen LogP contribution < -0.4 is 0 Å². The predicted octanol–water partition coefficient (Wildman–Crippen LogP) is 2.07. The first-order chi connectivity index (χ1) is 5.79. The summed E-state index contributed by atoms with van der Waals surface area (Å²) in [6.07, 6.45) is 10.4. The second-order valence-corrected chi connectivity index (χ2v) is 4.08. The van der Waals surface area contributed by atoms with Crippen LogP contribution in [-0.4, -0.2) is 24.5 Å². The van der Waals surface area contributed by atoms with E-state index in [1.165, 1.54) is 13.0 Å². The van der Waals surface area contributed by atoms with Crippen LogP contribution in [0.5, 0.6) is 0 Å². The summed E-state index contributed by atoms with van der Waals surface area (Å²) in [6.45, 7) is 3.62. The number of likely N-dealkylation sites (tertiary alicyclic amines) is 1. The van der Waals surface area contributed by atoms with Gasteiger partial charge in [-0.1, -0.05) is 31.2 Å². The third kappa shape index (κ3) is 1.22. The molecular weight excluding hydrogens is 146 g/mol. The van der Waals surface area contributed by atoms with Crippen LogP contribution in [0.25, 0.3) is 0 Å². The molecule has 0 amide bonds. The van der Waals surface area contributed by atoms with Crippen LogP contribution in [0, 0.1) is 11.8 Å². The van der Waals surface area contributed by atoms with Gasteiger partial charge in [0, 0.05) is 6.04 Å². The molecular formula is C11H17N. The quantitative estimate of drug-likeness (QED) is 0.528. The highest BCUT2D eigenvalue weighted by Crippen LogP contribution is 2.31. The Labute approximate surface area is 74.8 Å². The van der Waals surface area contributed by atoms with Gasteiger partial charge in [-0.2, -0.15) is 0 Å². The Morgan fingerprint density at radius 3 is 2.75 bits per heavy atom. The lowest BCUT2D eigenvalue weighted by Crippen LogP contribution is -2.45. The molecule has 2 rings (SSSR count). The van der Waals surface area contributed by atoms with Crippen LogP contribution in [0.3, 0.4) is 0 Å². The second kappa shape index (κ2) is 3.06. The van der Waals surface area contributed by atoms with Gasteiger partial charge in [0.05, 0.1) is 0 Å². The van der Waals surface area contributed by atoms with Crippen molar-refractivity contribution in [1.82, 2.24) is 4.90 Å². The van der Waals surface area contributed by atoms with E-state index in [1.807, 2.05) is 0 Å². The molecule has 1 aliphatic carbocycles. The largest absolute Gasteiger partial charge is 0.299 e. The van der Waals surface area contributed by atoms with Gasteiger partial charge in [-0.25, -0.2) is 0 Å². The Balaban J connectivity index is 2.18. The molecule has 66 valence electrons. The van der Waals surface area contributed by atoms with Crippen molar-refractivity contribution in [2.24, 2.45) is 11.8 Å². The minimum absolute atomic E-state index is 0.666. The van der Waals surface area contributed by atoms with E-state index in [0.717, 1.165) is 11.8 Å². The fraction of sp³-hybridized carbons (Fsp3) is 0.636. The van der Waals surface area contributed by atoms with E-state index in [-0.39, 0.29) is 0 Å². The molecule has 0 bridgehead atoms. The van der Waals surface area contributed by atoms with Crippen molar-refractivity contribution in [2.75, 3.05) is 13.6 Å². The molecule has 3 atom stereocenters. The summed E-state index contributed by atoms with van der Waals surface area (Å²) >= 11 is 0. The zero-order valence-corrected chi connectivity index (χ0v) is 7.90. The fourth-order valence-electron chi connectivity index (χ4n) is 2.33. The smallest absolute Gasteiger partial charge is 0.0343 e. The summed E-state index contributed by atoms with van der Waals surface area (Å²) in [7, 11) is 2.23. The lowest BCUT2D eigenvalue weighted by atomic mass is 9.79. The standard InChI is InChI=1S/C11H17N/c1-9-7-8-12(2)11-6-4-3-5-10(9)11/h3-6,9-11H,7-8H2,1-2H3/t9-,10+,11+/m1/s1. The van der Waals surface area contributed by atoms with Crippen molar-refractivity contribution in [3.05, 3.63) is 24.3 Å². The van der Waals surface area contributed by atoms with Crippen molar-refractivity contribution in [1.29, 1.82) is 0 Å². The van der Waals surface area contributed by atoms with Crippen LogP contribution in [0.2, 0.25) is 0 Å². The number of likely N-dealkylation sites (N-methyl/N-ethyl adjacent to an activating group) is 1. The molecule has 1 heteroatoms. The number of allylic oxidation sites excluding steroid dienone is 2. The Kier molecular flexibility index (Phi) is 2.05. The highest BCUT2D eigenvalue weighted by molar-refractivity contribution is 5.19. The highest BCUT2D eigenvalue weighted by Gasteiger charge is 2.31. The topological polar surface area (TPSA) is 3.24 Å². The van der Waals surface area contributed by atoms with E-state index in [2.05, 4.69) is 43.2 Å². The summed E-state index contributed by atoms with van der Waals surface area (Å²) < 4.78 is 0. The summed E-state index contributed by atoms with van der Waals surface area (Å²) in [5.41, 5.74) is 0. The third-order valence-corrected chi connectivity index (χ3v) is 3.25. The zero-order valence-electron chi connectivity index (χ0n) is 7.90. The van der Waals surface area contributed by atoms with Gasteiger partial charge in [-0.3, -0.25) is 4.90 Å². The normalized spacial score (nSPS) is 41.3. The monoisotopic (exact) mass is 163 g/mol. The summed E-state index contributed by atoms with van der Waals surface area (Å²) in [4.78, 5) is 2.46. The summed E-state index contributed by atoms with van der Waals surface area (Å²) in [5, 5.41) is 0. The molecule has 0 aromatic carbocycles. The van der Waals surface area contributed by atoms with E-state index in [0.29, 0.717) is 6.04 Å². The van der Waals surface area contributed by atoms with E-state index >= 15 is 0 Å². The molecule has 1 heterocycles. The van der Waals surface area contributed by atoms with Gasteiger partial charge in [0.1, 0.15) is 0 Å². The average Bonchev–Trinajstić information content (AvgIpc) is 2.12. The maximum Gasteiger partial charge on any atom is 0.0343 e. The number of rotatable bonds is 0. The molecule has 2 aliphatic rings. The van der Waals surface area contributed by atoms with Crippen molar-refractivity contribution >= 4 is 0 Å². The number of fused-ring (bicyclic) bond motifs is 1. The minimum atomic E-state index is 0.666. The number of hydrogen-bond acceptors (Lipinski definition) is 1. The third-order valence-electron chi connectivity index (χ3n) is 3.25. The van der Waals surface area contributed by atoms with Gasteiger partial charge in [0.15, 0.2) is 0 Å². The minimum Gasteiger partial charge on any atom is -0.299 e. The molecule has 1 aliphatic heterocycles. The van der Waals surface area contributed by atoms with Gasteiger partial charge >= 0.3 is 0 Å². The first-order valence-corrected chi connectivity index (χ1v) is 4.84. The number of nitrogens with zero attached hydrogens (tertiary/aromatic N) is 1. The van der Waals surface area contributed by atoms with Gasteiger partial charge in [0.2, 0.25) is 0 Å². The molecule has 1 nitrogen and oxygen atoms in total. The Bertz CT molecular complexity index is 193. The summed E-state index contributed by atoms with van der Waals surface area (Å²) in [5.74, 6) is 1.61. The first-order valence-electron chi connectivity index (χ1n) is 4.84. The lowest BCUT2D eigenvalue weighted by molar-refractivity contribution is 0.133. The van der Waals surface area contributed by atoms with Gasteiger partial charge in [0.25, 0.3) is 0 Å². The van der Waals surface area contributed by atoms with E-state index in [4.69, 9.17) is 0 Å². The second-order valence-electron chi connectivity index (χ2n) is 4.08. The molecule has 0 unspecified atom stereocenters. The van der Waals surface area contributed by atoms with Gasteiger partial charge < -0.3 is 0 Å². The molecule has 1 fully saturated rings. The molecule has 0 saturated carbocycles. The van der Waals surface area contributed by atoms with Crippen molar-refractivity contribution in [3.8, 4) is 0 Å². The van der Waals surface area contributed by atoms with Gasteiger partial charge in [-0.05, 0) is 31.8 Å². The van der Waals surface area contributed by atoms with Crippen molar-refractivity contribution < 1.29 is 0 Å². The number of hydrogen-bond donors (Lipinski definition) is 0. The first kappa shape index (κ1) is 8.06. The summed E-state index contributed by atoms with van der Waals surface area (Å²) in [6, 6.07) is 0.666.